The van der Waals surface area contributed by atoms with Crippen LogP contribution in [-0.2, 0) is 23.9 Å². The van der Waals surface area contributed by atoms with Crippen molar-refractivity contribution in [2.24, 2.45) is 0 Å². The number of halogens is 3. The van der Waals surface area contributed by atoms with Gasteiger partial charge in [-0.1, -0.05) is 42.5 Å². The Labute approximate surface area is 212 Å². The number of alkyl halides is 3. The van der Waals surface area contributed by atoms with Crippen molar-refractivity contribution in [3.05, 3.63) is 101 Å². The maximum atomic E-state index is 13.0. The standard InChI is InChI=1S/C28H26F3NO3S/c1-3-34-27(33)26-19(2)24-17-23(13-14-25(24)35-26)36-32(16-15-20-7-5-4-6-8-20)18-21-9-11-22(12-10-21)28(29,30)31/h4-14,17H,3,15-16,18H2,1-2H3. The lowest BCUT2D eigenvalue weighted by Gasteiger charge is -2.22. The fourth-order valence-electron chi connectivity index (χ4n) is 3.86. The third-order valence-electron chi connectivity index (χ3n) is 5.74. The highest BCUT2D eigenvalue weighted by molar-refractivity contribution is 7.97. The number of ether oxygens (including phenoxy) is 1. The number of benzene rings is 3. The van der Waals surface area contributed by atoms with E-state index in [1.54, 1.807) is 6.92 Å². The summed E-state index contributed by atoms with van der Waals surface area (Å²) >= 11 is 1.52. The molecule has 3 aromatic carbocycles. The Morgan fingerprint density at radius 2 is 1.72 bits per heavy atom. The minimum atomic E-state index is -4.36. The third kappa shape index (κ3) is 6.30. The minimum absolute atomic E-state index is 0.194. The quantitative estimate of drug-likeness (QED) is 0.170. The molecule has 188 valence electrons. The van der Waals surface area contributed by atoms with Gasteiger partial charge < -0.3 is 9.15 Å². The van der Waals surface area contributed by atoms with E-state index < -0.39 is 17.7 Å². The van der Waals surface area contributed by atoms with E-state index in [0.717, 1.165) is 34.4 Å². The van der Waals surface area contributed by atoms with Gasteiger partial charge in [-0.25, -0.2) is 9.10 Å². The molecule has 0 atom stereocenters. The van der Waals surface area contributed by atoms with Crippen LogP contribution >= 0.6 is 11.9 Å². The van der Waals surface area contributed by atoms with E-state index in [2.05, 4.69) is 16.4 Å². The highest BCUT2D eigenvalue weighted by atomic mass is 32.2. The van der Waals surface area contributed by atoms with Crippen molar-refractivity contribution in [3.8, 4) is 0 Å². The van der Waals surface area contributed by atoms with E-state index in [0.29, 0.717) is 24.2 Å². The number of esters is 1. The van der Waals surface area contributed by atoms with Gasteiger partial charge in [0, 0.05) is 28.9 Å². The van der Waals surface area contributed by atoms with Crippen LogP contribution in [0.4, 0.5) is 13.2 Å². The van der Waals surface area contributed by atoms with E-state index in [1.165, 1.54) is 29.6 Å². The lowest BCUT2D eigenvalue weighted by Crippen LogP contribution is -2.18. The maximum absolute atomic E-state index is 13.0. The Balaban J connectivity index is 1.56. The predicted octanol–water partition coefficient (Wildman–Crippen LogP) is 7.69. The van der Waals surface area contributed by atoms with Crippen LogP contribution in [0.3, 0.4) is 0 Å². The van der Waals surface area contributed by atoms with E-state index in [9.17, 15) is 18.0 Å². The number of carbonyl (C=O) groups is 1. The van der Waals surface area contributed by atoms with Gasteiger partial charge in [0.2, 0.25) is 5.76 Å². The van der Waals surface area contributed by atoms with Gasteiger partial charge in [-0.2, -0.15) is 13.2 Å². The van der Waals surface area contributed by atoms with Crippen LogP contribution < -0.4 is 0 Å². The summed E-state index contributed by atoms with van der Waals surface area (Å²) in [6.45, 7) is 4.97. The SMILES string of the molecule is CCOC(=O)c1oc2ccc(SN(CCc3ccccc3)Cc3ccc(C(F)(F)F)cc3)cc2c1C. The Bertz CT molecular complexity index is 1320. The smallest absolute Gasteiger partial charge is 0.416 e. The van der Waals surface area contributed by atoms with Gasteiger partial charge in [0.05, 0.1) is 12.2 Å². The van der Waals surface area contributed by atoms with Crippen molar-refractivity contribution in [1.82, 2.24) is 4.31 Å². The Morgan fingerprint density at radius 1 is 1.00 bits per heavy atom. The van der Waals surface area contributed by atoms with Crippen molar-refractivity contribution in [3.63, 3.8) is 0 Å². The molecule has 0 amide bonds. The maximum Gasteiger partial charge on any atom is 0.416 e. The summed E-state index contributed by atoms with van der Waals surface area (Å²) in [4.78, 5) is 13.1. The molecule has 0 aliphatic rings. The summed E-state index contributed by atoms with van der Waals surface area (Å²) in [5.74, 6) is -0.299. The van der Waals surface area contributed by atoms with Crippen LogP contribution in [0, 0.1) is 6.92 Å². The molecule has 0 N–H and O–H groups in total. The van der Waals surface area contributed by atoms with Crippen molar-refractivity contribution < 1.29 is 27.1 Å². The van der Waals surface area contributed by atoms with Crippen LogP contribution in [0.25, 0.3) is 11.0 Å². The predicted molar refractivity (Wildman–Crippen MR) is 135 cm³/mol. The molecule has 0 saturated heterocycles. The van der Waals surface area contributed by atoms with Crippen LogP contribution in [-0.4, -0.2) is 23.4 Å². The van der Waals surface area contributed by atoms with E-state index in [1.807, 2.05) is 43.3 Å². The normalized spacial score (nSPS) is 11.8. The molecule has 4 nitrogen and oxygen atoms in total. The third-order valence-corrected chi connectivity index (χ3v) is 6.77. The number of aryl methyl sites for hydroxylation is 1. The minimum Gasteiger partial charge on any atom is -0.460 e. The molecule has 4 aromatic rings. The van der Waals surface area contributed by atoms with E-state index in [-0.39, 0.29) is 12.4 Å². The number of carbonyl (C=O) groups excluding carboxylic acids is 1. The molecule has 36 heavy (non-hydrogen) atoms. The second kappa shape index (κ2) is 11.2. The first-order valence-corrected chi connectivity index (χ1v) is 12.3. The molecule has 1 heterocycles. The number of hydrogen-bond donors (Lipinski definition) is 0. The lowest BCUT2D eigenvalue weighted by molar-refractivity contribution is -0.137. The first-order valence-electron chi connectivity index (χ1n) is 11.6. The number of nitrogens with zero attached hydrogens (tertiary/aromatic N) is 1. The molecule has 0 radical (unpaired) electrons. The first kappa shape index (κ1) is 25.9. The van der Waals surface area contributed by atoms with Crippen molar-refractivity contribution in [2.45, 2.75) is 37.9 Å². The number of furan rings is 1. The molecule has 1 aromatic heterocycles. The second-order valence-electron chi connectivity index (χ2n) is 8.32. The number of hydrogen-bond acceptors (Lipinski definition) is 5. The molecule has 0 aliphatic heterocycles. The summed E-state index contributed by atoms with van der Waals surface area (Å²) in [5.41, 5.74) is 2.61. The zero-order chi connectivity index (χ0) is 25.7. The van der Waals surface area contributed by atoms with Gasteiger partial charge in [-0.05, 0) is 73.7 Å². The van der Waals surface area contributed by atoms with Gasteiger partial charge in [0.1, 0.15) is 5.58 Å². The molecule has 0 bridgehead atoms. The van der Waals surface area contributed by atoms with Crippen LogP contribution in [0.1, 0.15) is 39.7 Å². The first-order chi connectivity index (χ1) is 17.2. The zero-order valence-corrected chi connectivity index (χ0v) is 20.8. The van der Waals surface area contributed by atoms with Gasteiger partial charge in [-0.3, -0.25) is 0 Å². The molecule has 0 saturated carbocycles. The van der Waals surface area contributed by atoms with Crippen LogP contribution in [0.15, 0.2) is 82.1 Å². The van der Waals surface area contributed by atoms with Crippen molar-refractivity contribution >= 4 is 28.9 Å². The molecule has 0 aliphatic carbocycles. The van der Waals surface area contributed by atoms with Gasteiger partial charge in [-0.15, -0.1) is 0 Å². The van der Waals surface area contributed by atoms with Crippen LogP contribution in [0.2, 0.25) is 0 Å². The Kier molecular flexibility index (Phi) is 8.06. The molecule has 0 fully saturated rings. The number of fused-ring (bicyclic) bond motifs is 1. The summed E-state index contributed by atoms with van der Waals surface area (Å²) < 4.78 is 51.9. The molecule has 4 rings (SSSR count). The molecule has 0 unspecified atom stereocenters. The van der Waals surface area contributed by atoms with E-state index in [4.69, 9.17) is 9.15 Å². The van der Waals surface area contributed by atoms with Gasteiger partial charge in [0.25, 0.3) is 0 Å². The largest absolute Gasteiger partial charge is 0.460 e. The second-order valence-corrected chi connectivity index (χ2v) is 9.49. The van der Waals surface area contributed by atoms with E-state index >= 15 is 0 Å². The summed E-state index contributed by atoms with van der Waals surface area (Å²) in [7, 11) is 0. The van der Waals surface area contributed by atoms with Crippen molar-refractivity contribution in [1.29, 1.82) is 0 Å². The molecular formula is C28H26F3NO3S. The fraction of sp³-hybridized carbons (Fsp3) is 0.250. The zero-order valence-electron chi connectivity index (χ0n) is 20.0. The van der Waals surface area contributed by atoms with Gasteiger partial charge >= 0.3 is 12.1 Å². The summed E-state index contributed by atoms with van der Waals surface area (Å²) in [5, 5.41) is 0.820. The van der Waals surface area contributed by atoms with Crippen molar-refractivity contribution in [2.75, 3.05) is 13.2 Å². The average molecular weight is 514 g/mol. The highest BCUT2D eigenvalue weighted by Crippen LogP contribution is 2.33. The molecule has 0 spiro atoms. The average Bonchev–Trinajstić information content (AvgIpc) is 3.19. The highest BCUT2D eigenvalue weighted by Gasteiger charge is 2.30. The topological polar surface area (TPSA) is 42.7 Å². The molecular weight excluding hydrogens is 487 g/mol. The summed E-state index contributed by atoms with van der Waals surface area (Å²) in [6, 6.07) is 21.0. The fourth-order valence-corrected chi connectivity index (χ4v) is 4.85. The molecule has 8 heteroatoms. The Morgan fingerprint density at radius 3 is 2.39 bits per heavy atom. The summed E-state index contributed by atoms with van der Waals surface area (Å²) in [6.07, 6.45) is -3.57. The lowest BCUT2D eigenvalue weighted by atomic mass is 10.1. The van der Waals surface area contributed by atoms with Crippen LogP contribution in [0.5, 0.6) is 0 Å². The Hall–Kier alpha value is -3.23. The number of rotatable bonds is 9. The van der Waals surface area contributed by atoms with Gasteiger partial charge in [0.15, 0.2) is 0 Å². The monoisotopic (exact) mass is 513 g/mol.